The van der Waals surface area contributed by atoms with Gasteiger partial charge < -0.3 is 5.32 Å². The third-order valence-corrected chi connectivity index (χ3v) is 4.58. The van der Waals surface area contributed by atoms with E-state index in [4.69, 9.17) is 0 Å². The first-order chi connectivity index (χ1) is 11.7. The summed E-state index contributed by atoms with van der Waals surface area (Å²) in [7, 11) is 0. The fraction of sp³-hybridized carbons (Fsp3) is 0.200. The van der Waals surface area contributed by atoms with Gasteiger partial charge in [0.05, 0.1) is 5.69 Å². The van der Waals surface area contributed by atoms with Crippen LogP contribution in [-0.4, -0.2) is 16.1 Å². The van der Waals surface area contributed by atoms with Crippen molar-refractivity contribution in [1.82, 2.24) is 15.5 Å². The number of rotatable bonds is 3. The maximum absolute atomic E-state index is 12.5. The van der Waals surface area contributed by atoms with Crippen LogP contribution in [0.5, 0.6) is 0 Å². The third-order valence-electron chi connectivity index (χ3n) is 4.58. The average Bonchev–Trinajstić information content (AvgIpc) is 3.05. The number of hydrogen-bond acceptors (Lipinski definition) is 2. The number of fused-ring (bicyclic) bond motifs is 3. The molecular formula is C20H19N3O. The minimum Gasteiger partial charge on any atom is -0.347 e. The van der Waals surface area contributed by atoms with E-state index in [1.807, 2.05) is 24.3 Å². The van der Waals surface area contributed by atoms with Crippen molar-refractivity contribution in [2.75, 3.05) is 0 Å². The third kappa shape index (κ3) is 2.60. The minimum atomic E-state index is -0.0938. The Morgan fingerprint density at radius 1 is 1.12 bits per heavy atom. The van der Waals surface area contributed by atoms with Gasteiger partial charge in [-0.25, -0.2) is 0 Å². The fourth-order valence-corrected chi connectivity index (χ4v) is 3.22. The molecule has 2 aromatic carbocycles. The highest BCUT2D eigenvalue weighted by Gasteiger charge is 2.24. The lowest BCUT2D eigenvalue weighted by molar-refractivity contribution is 0.0945. The highest BCUT2D eigenvalue weighted by molar-refractivity contribution is 5.96. The van der Waals surface area contributed by atoms with Gasteiger partial charge >= 0.3 is 0 Å². The molecule has 0 bridgehead atoms. The van der Waals surface area contributed by atoms with Gasteiger partial charge in [-0.05, 0) is 30.9 Å². The van der Waals surface area contributed by atoms with E-state index in [2.05, 4.69) is 46.7 Å². The van der Waals surface area contributed by atoms with E-state index >= 15 is 0 Å². The van der Waals surface area contributed by atoms with Gasteiger partial charge in [0.2, 0.25) is 0 Å². The summed E-state index contributed by atoms with van der Waals surface area (Å²) in [5.74, 6) is -0.0938. The number of carbonyl (C=O) groups is 1. The SMILES string of the molecule is Cc1ccc(CNC(=O)c2[nH]nc3c2CCc2ccccc2-3)cc1. The van der Waals surface area contributed by atoms with Crippen molar-refractivity contribution in [3.63, 3.8) is 0 Å². The van der Waals surface area contributed by atoms with Gasteiger partial charge in [-0.1, -0.05) is 54.1 Å². The Morgan fingerprint density at radius 3 is 2.75 bits per heavy atom. The lowest BCUT2D eigenvalue weighted by atomic mass is 9.89. The standard InChI is InChI=1S/C20H19N3O/c1-13-6-8-14(9-7-13)12-21-20(24)19-17-11-10-15-4-2-3-5-16(15)18(17)22-23-19/h2-9H,10-12H2,1H3,(H,21,24)(H,22,23). The van der Waals surface area contributed by atoms with Gasteiger partial charge in [0.1, 0.15) is 5.69 Å². The van der Waals surface area contributed by atoms with Gasteiger partial charge in [0.15, 0.2) is 0 Å². The largest absolute Gasteiger partial charge is 0.347 e. The molecule has 4 heteroatoms. The number of nitrogens with zero attached hydrogens (tertiary/aromatic N) is 1. The molecule has 0 saturated carbocycles. The lowest BCUT2D eigenvalue weighted by Crippen LogP contribution is -2.24. The van der Waals surface area contributed by atoms with Gasteiger partial charge in [0, 0.05) is 17.7 Å². The van der Waals surface area contributed by atoms with Crippen molar-refractivity contribution >= 4 is 5.91 Å². The molecule has 0 radical (unpaired) electrons. The summed E-state index contributed by atoms with van der Waals surface area (Å²) in [5, 5.41) is 10.3. The smallest absolute Gasteiger partial charge is 0.269 e. The van der Waals surface area contributed by atoms with Crippen LogP contribution in [0.1, 0.15) is 32.7 Å². The Bertz CT molecular complexity index is 894. The Balaban J connectivity index is 1.55. The number of carbonyl (C=O) groups excluding carboxylic acids is 1. The molecule has 0 spiro atoms. The quantitative estimate of drug-likeness (QED) is 0.778. The molecule has 1 amide bonds. The van der Waals surface area contributed by atoms with Crippen LogP contribution in [-0.2, 0) is 19.4 Å². The number of hydrogen-bond donors (Lipinski definition) is 2. The fourth-order valence-electron chi connectivity index (χ4n) is 3.22. The Morgan fingerprint density at radius 2 is 1.92 bits per heavy atom. The number of amides is 1. The Hall–Kier alpha value is -2.88. The summed E-state index contributed by atoms with van der Waals surface area (Å²) in [6, 6.07) is 16.4. The van der Waals surface area contributed by atoms with Crippen molar-refractivity contribution in [2.24, 2.45) is 0 Å². The van der Waals surface area contributed by atoms with Crippen LogP contribution in [0.4, 0.5) is 0 Å². The van der Waals surface area contributed by atoms with Crippen LogP contribution in [0, 0.1) is 6.92 Å². The lowest BCUT2D eigenvalue weighted by Gasteiger charge is -2.15. The van der Waals surface area contributed by atoms with Gasteiger partial charge in [-0.3, -0.25) is 9.89 Å². The Kier molecular flexibility index (Phi) is 3.65. The molecule has 1 aromatic heterocycles. The topological polar surface area (TPSA) is 57.8 Å². The normalized spacial score (nSPS) is 12.4. The van der Waals surface area contributed by atoms with E-state index in [1.54, 1.807) is 0 Å². The van der Waals surface area contributed by atoms with Crippen molar-refractivity contribution in [2.45, 2.75) is 26.3 Å². The minimum absolute atomic E-state index is 0.0938. The van der Waals surface area contributed by atoms with Crippen LogP contribution in [0.3, 0.4) is 0 Å². The second kappa shape index (κ2) is 5.96. The van der Waals surface area contributed by atoms with E-state index in [0.29, 0.717) is 12.2 Å². The highest BCUT2D eigenvalue weighted by Crippen LogP contribution is 2.33. The molecule has 0 unspecified atom stereocenters. The summed E-state index contributed by atoms with van der Waals surface area (Å²) in [6.07, 6.45) is 1.79. The molecule has 1 aliphatic carbocycles. The molecular weight excluding hydrogens is 298 g/mol. The zero-order valence-electron chi connectivity index (χ0n) is 13.6. The monoisotopic (exact) mass is 317 g/mol. The molecule has 120 valence electrons. The molecule has 0 atom stereocenters. The number of aromatic nitrogens is 2. The second-order valence-corrected chi connectivity index (χ2v) is 6.25. The Labute approximate surface area is 140 Å². The molecule has 0 fully saturated rings. The first-order valence-electron chi connectivity index (χ1n) is 8.21. The first-order valence-corrected chi connectivity index (χ1v) is 8.21. The molecule has 2 N–H and O–H groups in total. The highest BCUT2D eigenvalue weighted by atomic mass is 16.1. The van der Waals surface area contributed by atoms with Crippen molar-refractivity contribution in [3.8, 4) is 11.3 Å². The molecule has 0 aliphatic heterocycles. The maximum atomic E-state index is 12.5. The number of aromatic amines is 1. The zero-order valence-corrected chi connectivity index (χ0v) is 13.6. The van der Waals surface area contributed by atoms with E-state index in [9.17, 15) is 4.79 Å². The van der Waals surface area contributed by atoms with Crippen LogP contribution < -0.4 is 5.32 Å². The second-order valence-electron chi connectivity index (χ2n) is 6.25. The van der Waals surface area contributed by atoms with E-state index in [0.717, 1.165) is 35.2 Å². The van der Waals surface area contributed by atoms with Crippen molar-refractivity contribution in [3.05, 3.63) is 76.5 Å². The maximum Gasteiger partial charge on any atom is 0.269 e. The molecule has 1 heterocycles. The van der Waals surface area contributed by atoms with E-state index < -0.39 is 0 Å². The predicted molar refractivity (Wildman–Crippen MR) is 93.8 cm³/mol. The predicted octanol–water partition coefficient (Wildman–Crippen LogP) is 3.41. The van der Waals surface area contributed by atoms with Gasteiger partial charge in [0.25, 0.3) is 5.91 Å². The van der Waals surface area contributed by atoms with Crippen LogP contribution in [0.2, 0.25) is 0 Å². The number of aryl methyl sites for hydroxylation is 2. The van der Waals surface area contributed by atoms with Crippen molar-refractivity contribution in [1.29, 1.82) is 0 Å². The van der Waals surface area contributed by atoms with Crippen molar-refractivity contribution < 1.29 is 4.79 Å². The number of H-pyrrole nitrogens is 1. The summed E-state index contributed by atoms with van der Waals surface area (Å²) in [5.41, 5.74) is 7.26. The van der Waals surface area contributed by atoms with Gasteiger partial charge in [-0.2, -0.15) is 5.10 Å². The molecule has 4 nitrogen and oxygen atoms in total. The summed E-state index contributed by atoms with van der Waals surface area (Å²) < 4.78 is 0. The summed E-state index contributed by atoms with van der Waals surface area (Å²) >= 11 is 0. The first kappa shape index (κ1) is 14.7. The number of benzene rings is 2. The molecule has 3 aromatic rings. The molecule has 1 aliphatic rings. The molecule has 4 rings (SSSR count). The van der Waals surface area contributed by atoms with Crippen LogP contribution in [0.15, 0.2) is 48.5 Å². The molecule has 0 saturated heterocycles. The van der Waals surface area contributed by atoms with E-state index in [1.165, 1.54) is 11.1 Å². The van der Waals surface area contributed by atoms with Gasteiger partial charge in [-0.15, -0.1) is 0 Å². The molecule has 24 heavy (non-hydrogen) atoms. The van der Waals surface area contributed by atoms with Crippen LogP contribution in [0.25, 0.3) is 11.3 Å². The van der Waals surface area contributed by atoms with Crippen LogP contribution >= 0.6 is 0 Å². The summed E-state index contributed by atoms with van der Waals surface area (Å²) in [6.45, 7) is 2.57. The van der Waals surface area contributed by atoms with E-state index in [-0.39, 0.29) is 5.91 Å². The average molecular weight is 317 g/mol. The summed E-state index contributed by atoms with van der Waals surface area (Å²) in [4.78, 5) is 12.5. The number of nitrogens with one attached hydrogen (secondary N) is 2. The zero-order chi connectivity index (χ0) is 16.5.